The number of hydrogen-bond donors (Lipinski definition) is 1. The summed E-state index contributed by atoms with van der Waals surface area (Å²) < 4.78 is 5.77. The van der Waals surface area contributed by atoms with Gasteiger partial charge in [0.15, 0.2) is 0 Å². The maximum atomic E-state index is 12.3. The Morgan fingerprint density at radius 2 is 1.73 bits per heavy atom. The molecule has 4 rings (SSSR count). The average molecular weight is 370 g/mol. The fraction of sp³-hybridized carbons (Fsp3) is 0.409. The lowest BCUT2D eigenvalue weighted by molar-refractivity contribution is -0.0915. The molecule has 1 atom stereocenters. The molecule has 2 aliphatic rings. The summed E-state index contributed by atoms with van der Waals surface area (Å²) >= 11 is 5.96. The van der Waals surface area contributed by atoms with Gasteiger partial charge in [0.05, 0.1) is 0 Å². The summed E-state index contributed by atoms with van der Waals surface area (Å²) in [5, 5.41) is 3.39. The number of hydrogen-bond acceptors (Lipinski definition) is 2. The third-order valence-electron chi connectivity index (χ3n) is 6.16. The van der Waals surface area contributed by atoms with E-state index in [0.29, 0.717) is 16.6 Å². The molecule has 2 aromatic rings. The number of ether oxygens (including phenoxy) is 1. The molecule has 3 nitrogen and oxygen atoms in total. The van der Waals surface area contributed by atoms with Crippen LogP contribution in [0.1, 0.15) is 50.0 Å². The zero-order chi connectivity index (χ0) is 18.0. The SMILES string of the molecule is O=C(Nc1cccc(Cl)c1)OC1CCC12CCC(c1ccccc1)CC2. The lowest BCUT2D eigenvalue weighted by Gasteiger charge is -2.52. The number of benzene rings is 2. The highest BCUT2D eigenvalue weighted by atomic mass is 35.5. The Balaban J connectivity index is 1.33. The van der Waals surface area contributed by atoms with Gasteiger partial charge in [-0.25, -0.2) is 4.79 Å². The highest BCUT2D eigenvalue weighted by molar-refractivity contribution is 6.30. The molecular formula is C22H24ClNO2. The van der Waals surface area contributed by atoms with Gasteiger partial charge in [-0.2, -0.15) is 0 Å². The van der Waals surface area contributed by atoms with E-state index in [9.17, 15) is 4.79 Å². The Morgan fingerprint density at radius 3 is 2.38 bits per heavy atom. The smallest absolute Gasteiger partial charge is 0.411 e. The van der Waals surface area contributed by atoms with Gasteiger partial charge in [0.1, 0.15) is 6.10 Å². The third kappa shape index (κ3) is 3.59. The molecule has 0 bridgehead atoms. The molecule has 26 heavy (non-hydrogen) atoms. The number of rotatable bonds is 3. The molecule has 2 aromatic carbocycles. The van der Waals surface area contributed by atoms with E-state index in [0.717, 1.165) is 19.3 Å². The molecule has 0 heterocycles. The fourth-order valence-corrected chi connectivity index (χ4v) is 4.71. The molecule has 136 valence electrons. The maximum Gasteiger partial charge on any atom is 0.411 e. The van der Waals surface area contributed by atoms with E-state index in [1.165, 1.54) is 24.8 Å². The first-order chi connectivity index (χ1) is 12.6. The van der Waals surface area contributed by atoms with Gasteiger partial charge in [-0.3, -0.25) is 5.32 Å². The van der Waals surface area contributed by atoms with Crippen molar-refractivity contribution in [2.24, 2.45) is 5.41 Å². The Kier molecular flexibility index (Phi) is 4.90. The number of nitrogens with one attached hydrogen (secondary N) is 1. The predicted molar refractivity (Wildman–Crippen MR) is 105 cm³/mol. The number of carbonyl (C=O) groups is 1. The molecule has 1 unspecified atom stereocenters. The highest BCUT2D eigenvalue weighted by Gasteiger charge is 2.50. The van der Waals surface area contributed by atoms with E-state index in [2.05, 4.69) is 35.6 Å². The summed E-state index contributed by atoms with van der Waals surface area (Å²) in [5.41, 5.74) is 2.30. The number of carbonyl (C=O) groups excluding carboxylic acids is 1. The number of amides is 1. The van der Waals surface area contributed by atoms with Crippen LogP contribution >= 0.6 is 11.6 Å². The Hall–Kier alpha value is -2.00. The zero-order valence-corrected chi connectivity index (χ0v) is 15.5. The van der Waals surface area contributed by atoms with Crippen LogP contribution in [-0.2, 0) is 4.74 Å². The fourth-order valence-electron chi connectivity index (χ4n) is 4.52. The van der Waals surface area contributed by atoms with E-state index in [-0.39, 0.29) is 17.6 Å². The monoisotopic (exact) mass is 369 g/mol. The molecule has 0 saturated heterocycles. The van der Waals surface area contributed by atoms with E-state index >= 15 is 0 Å². The third-order valence-corrected chi connectivity index (χ3v) is 6.40. The predicted octanol–water partition coefficient (Wildman–Crippen LogP) is 6.40. The van der Waals surface area contributed by atoms with Crippen LogP contribution in [-0.4, -0.2) is 12.2 Å². The Bertz CT molecular complexity index is 769. The van der Waals surface area contributed by atoms with Gasteiger partial charge >= 0.3 is 6.09 Å². The van der Waals surface area contributed by atoms with Gasteiger partial charge in [0.25, 0.3) is 0 Å². The molecule has 0 aromatic heterocycles. The molecule has 1 amide bonds. The molecule has 4 heteroatoms. The minimum Gasteiger partial charge on any atom is -0.445 e. The largest absolute Gasteiger partial charge is 0.445 e. The first kappa shape index (κ1) is 17.4. The van der Waals surface area contributed by atoms with Crippen LogP contribution in [0.2, 0.25) is 5.02 Å². The second-order valence-corrected chi connectivity index (χ2v) is 8.05. The van der Waals surface area contributed by atoms with E-state index in [4.69, 9.17) is 16.3 Å². The highest BCUT2D eigenvalue weighted by Crippen LogP contribution is 2.55. The summed E-state index contributed by atoms with van der Waals surface area (Å²) in [6.45, 7) is 0. The van der Waals surface area contributed by atoms with Gasteiger partial charge < -0.3 is 4.74 Å². The van der Waals surface area contributed by atoms with Crippen LogP contribution in [0.15, 0.2) is 54.6 Å². The molecule has 0 aliphatic heterocycles. The molecule has 1 N–H and O–H groups in total. The minimum atomic E-state index is -0.374. The lowest BCUT2D eigenvalue weighted by Crippen LogP contribution is -2.49. The van der Waals surface area contributed by atoms with Crippen LogP contribution in [0, 0.1) is 5.41 Å². The quantitative estimate of drug-likeness (QED) is 0.680. The summed E-state index contributed by atoms with van der Waals surface area (Å²) in [7, 11) is 0. The molecule has 0 radical (unpaired) electrons. The lowest BCUT2D eigenvalue weighted by atomic mass is 9.56. The van der Waals surface area contributed by atoms with Crippen molar-refractivity contribution in [3.05, 3.63) is 65.2 Å². The molecule has 2 aliphatic carbocycles. The second kappa shape index (κ2) is 7.32. The van der Waals surface area contributed by atoms with Gasteiger partial charge in [-0.15, -0.1) is 0 Å². The van der Waals surface area contributed by atoms with Crippen LogP contribution < -0.4 is 5.32 Å². The minimum absolute atomic E-state index is 0.0402. The van der Waals surface area contributed by atoms with Crippen LogP contribution in [0.3, 0.4) is 0 Å². The molecule has 1 spiro atoms. The van der Waals surface area contributed by atoms with Crippen molar-refractivity contribution in [3.8, 4) is 0 Å². The topological polar surface area (TPSA) is 38.3 Å². The first-order valence-corrected chi connectivity index (χ1v) is 9.81. The van der Waals surface area contributed by atoms with Gasteiger partial charge in [0.2, 0.25) is 0 Å². The van der Waals surface area contributed by atoms with Crippen molar-refractivity contribution >= 4 is 23.4 Å². The standard InChI is InChI=1S/C22H24ClNO2/c23-18-7-4-8-19(15-18)24-21(25)26-20-11-14-22(20)12-9-17(10-13-22)16-5-2-1-3-6-16/h1-8,15,17,20H,9-14H2,(H,24,25). The van der Waals surface area contributed by atoms with Crippen LogP contribution in [0.4, 0.5) is 10.5 Å². The number of anilines is 1. The van der Waals surface area contributed by atoms with Crippen molar-refractivity contribution in [1.29, 1.82) is 0 Å². The maximum absolute atomic E-state index is 12.3. The van der Waals surface area contributed by atoms with E-state index in [1.807, 2.05) is 12.1 Å². The van der Waals surface area contributed by atoms with Gasteiger partial charge in [-0.05, 0) is 68.2 Å². The average Bonchev–Trinajstić information content (AvgIpc) is 2.66. The van der Waals surface area contributed by atoms with Crippen LogP contribution in [0.25, 0.3) is 0 Å². The van der Waals surface area contributed by atoms with Gasteiger partial charge in [-0.1, -0.05) is 48.0 Å². The molecular weight excluding hydrogens is 346 g/mol. The van der Waals surface area contributed by atoms with Crippen LogP contribution in [0.5, 0.6) is 0 Å². The summed E-state index contributed by atoms with van der Waals surface area (Å²) in [4.78, 5) is 12.3. The van der Waals surface area contributed by atoms with Crippen molar-refractivity contribution in [3.63, 3.8) is 0 Å². The zero-order valence-electron chi connectivity index (χ0n) is 14.8. The molecule has 2 saturated carbocycles. The Morgan fingerprint density at radius 1 is 1.00 bits per heavy atom. The molecule has 2 fully saturated rings. The van der Waals surface area contributed by atoms with E-state index < -0.39 is 0 Å². The summed E-state index contributed by atoms with van der Waals surface area (Å²) in [5.74, 6) is 0.642. The second-order valence-electron chi connectivity index (χ2n) is 7.62. The van der Waals surface area contributed by atoms with E-state index in [1.54, 1.807) is 12.1 Å². The van der Waals surface area contributed by atoms with Crippen molar-refractivity contribution in [2.75, 3.05) is 5.32 Å². The first-order valence-electron chi connectivity index (χ1n) is 9.43. The normalized spacial score (nSPS) is 27.6. The van der Waals surface area contributed by atoms with Gasteiger partial charge in [0, 0.05) is 16.1 Å². The van der Waals surface area contributed by atoms with Crippen molar-refractivity contribution in [2.45, 2.75) is 50.5 Å². The van der Waals surface area contributed by atoms with Crippen molar-refractivity contribution in [1.82, 2.24) is 0 Å². The number of halogens is 1. The van der Waals surface area contributed by atoms with Crippen molar-refractivity contribution < 1.29 is 9.53 Å². The summed E-state index contributed by atoms with van der Waals surface area (Å²) in [6, 6.07) is 17.9. The Labute approximate surface area is 159 Å². The summed E-state index contributed by atoms with van der Waals surface area (Å²) in [6.07, 6.45) is 6.45.